The second-order valence-electron chi connectivity index (χ2n) is 33.9. The number of aromatic nitrogens is 6. The van der Waals surface area contributed by atoms with Crippen molar-refractivity contribution < 1.29 is 95.7 Å². The van der Waals surface area contributed by atoms with E-state index in [2.05, 4.69) is 65.5 Å². The molecular weight excluding hydrogens is 1740 g/mol. The molecule has 3 aromatic heterocycles. The van der Waals surface area contributed by atoms with Gasteiger partial charge in [-0.2, -0.15) is 9.97 Å². The van der Waals surface area contributed by atoms with Gasteiger partial charge < -0.3 is 114 Å². The van der Waals surface area contributed by atoms with Crippen molar-refractivity contribution in [2.75, 3.05) is 209 Å². The second kappa shape index (κ2) is 59.6. The molecule has 13 heterocycles. The number of piperidine rings is 5. The summed E-state index contributed by atoms with van der Waals surface area (Å²) in [5.74, 6) is 1.88. The fourth-order valence-electron chi connectivity index (χ4n) is 15.0. The standard InChI is InChI=1S/C18H22N4O3.C15H26N2O4.C11H19NO4.2C10H18N2O2.C8H5ClN2O.C8H6N2O2.C7H8N2O.C4H9NO.CH4O.CH4/c23-17(21-10-12-24-13-11-21)15-6-8-22(9-7-15)18-19-16(20-25-18)14-4-2-1-3-5-14;1-15(2,3)21-14(19)17-6-4-12(5-7-17)13(18)16-8-10-20-11-9-16;1-11(2,3)16-10(15)12-6-4-8(5-7-12)9(13)14;2*13-10(9-1-3-11-4-2-9)12-5-7-14-8-6-12;9-8-10-7(11-12-8)6-4-2-1-3-5-6;11-8-9-7(10-12-8)6-4-2-1-3-5-6;8-7(9-10)6-4-2-1-3-5-6;1-3-6-4-2-5-1;1-2;/h1-5,15H,6-13H2;12H,4-11H2,1-3H3;8H,4-7H2,1-3H3,(H,13,14);2*9,11H,1-8H2;1-5H;1-5H,(H,9,10,11);1-5,10H,(H2,8,9);5H,1-4H2;2H,1H3;1H4. The number of anilines is 1. The molecule has 0 bridgehead atoms. The first-order valence-electron chi connectivity index (χ1n) is 45.4. The van der Waals surface area contributed by atoms with Crippen molar-refractivity contribution in [3.63, 3.8) is 0 Å². The Morgan fingerprint density at radius 3 is 1.05 bits per heavy atom. The van der Waals surface area contributed by atoms with E-state index in [1.165, 1.54) is 0 Å². The van der Waals surface area contributed by atoms with Crippen molar-refractivity contribution in [1.29, 1.82) is 0 Å². The summed E-state index contributed by atoms with van der Waals surface area (Å²) >= 11 is 5.47. The molecule has 10 aliphatic heterocycles. The van der Waals surface area contributed by atoms with E-state index < -0.39 is 22.9 Å². The lowest BCUT2D eigenvalue weighted by Gasteiger charge is -2.36. The number of amides is 6. The summed E-state index contributed by atoms with van der Waals surface area (Å²) in [6.07, 6.45) is 7.45. The van der Waals surface area contributed by atoms with E-state index in [0.29, 0.717) is 153 Å². The quantitative estimate of drug-likeness (QED) is 0.0274. The number of oxime groups is 1. The van der Waals surface area contributed by atoms with E-state index in [1.54, 1.807) is 21.9 Å². The minimum atomic E-state index is -0.774. The molecule has 4 aromatic carbocycles. The van der Waals surface area contributed by atoms with Crippen molar-refractivity contribution in [3.05, 3.63) is 143 Å². The number of aliphatic hydroxyl groups is 1. The smallest absolute Gasteiger partial charge is 0.439 e. The normalized spacial score (nSPS) is 18.2. The number of halogens is 1. The van der Waals surface area contributed by atoms with Gasteiger partial charge in [-0.05, 0) is 144 Å². The molecule has 0 radical (unpaired) electrons. The maximum Gasteiger partial charge on any atom is 0.439 e. The predicted molar refractivity (Wildman–Crippen MR) is 499 cm³/mol. The molecule has 0 spiro atoms. The fourth-order valence-corrected chi connectivity index (χ4v) is 15.1. The number of amidine groups is 1. The van der Waals surface area contributed by atoms with Crippen LogP contribution in [0.25, 0.3) is 34.2 Å². The van der Waals surface area contributed by atoms with Gasteiger partial charge in [0.05, 0.1) is 72.0 Å². The van der Waals surface area contributed by atoms with Gasteiger partial charge in [0.25, 0.3) is 0 Å². The van der Waals surface area contributed by atoms with Gasteiger partial charge in [-0.25, -0.2) is 14.4 Å². The van der Waals surface area contributed by atoms with E-state index >= 15 is 0 Å². The van der Waals surface area contributed by atoms with E-state index in [9.17, 15) is 38.4 Å². The number of hydrogen-bond donors (Lipinski definition) is 8. The molecule has 10 aliphatic rings. The van der Waals surface area contributed by atoms with Crippen LogP contribution >= 0.6 is 11.6 Å². The number of aromatic amines is 1. The number of likely N-dealkylation sites (tertiary alicyclic amines) is 2. The summed E-state index contributed by atoms with van der Waals surface area (Å²) in [4.78, 5) is 118. The number of aliphatic hydroxyl groups excluding tert-OH is 1. The molecule has 39 nitrogen and oxygen atoms in total. The molecule has 734 valence electrons. The summed E-state index contributed by atoms with van der Waals surface area (Å²) in [5, 5.41) is 48.0. The third-order valence-electron chi connectivity index (χ3n) is 22.2. The number of hydrogen-bond acceptors (Lipinski definition) is 30. The largest absolute Gasteiger partial charge is 0.481 e. The summed E-state index contributed by atoms with van der Waals surface area (Å²) < 4.78 is 51.0. The Bertz CT molecular complexity index is 4420. The number of nitrogens with zero attached hydrogens (tertiary/aromatic N) is 13. The highest BCUT2D eigenvalue weighted by atomic mass is 35.5. The van der Waals surface area contributed by atoms with Gasteiger partial charge in [0.1, 0.15) is 11.2 Å². The molecule has 10 saturated heterocycles. The highest BCUT2D eigenvalue weighted by Crippen LogP contribution is 2.29. The van der Waals surface area contributed by atoms with Crippen molar-refractivity contribution in [3.8, 4) is 34.2 Å². The van der Waals surface area contributed by atoms with Crippen LogP contribution in [0.15, 0.2) is 145 Å². The number of benzene rings is 4. The highest BCUT2D eigenvalue weighted by molar-refractivity contribution is 6.27. The topological polar surface area (TPSA) is 479 Å². The SMILES string of the molecule is C.C1COCCN1.CC(C)(C)OC(=O)N1CCC(C(=O)N2CCOCC2)CC1.CC(C)(C)OC(=O)N1CCC(C(=O)O)CC1.CO.Clc1nc(-c2ccccc2)no1.NC(=NO)c1ccccc1.O=C(C1CCN(c2nc(-c3ccccc3)no2)CC1)N1CCOCC1.O=C(C1CCNCC1)N1CCOCC1.O=C(C1CCNCC1)N1CCOCC1.O=c1[nH]c(-c2ccccc2)no1. The van der Waals surface area contributed by atoms with Crippen LogP contribution in [0.5, 0.6) is 0 Å². The lowest BCUT2D eigenvalue weighted by atomic mass is 9.95. The van der Waals surface area contributed by atoms with Gasteiger partial charge in [-0.3, -0.25) is 33.5 Å². The number of carboxylic acid groups (broad SMARTS) is 1. The van der Waals surface area contributed by atoms with Crippen molar-refractivity contribution >= 4 is 65.2 Å². The average Bonchev–Trinajstić information content (AvgIpc) is 1.74. The van der Waals surface area contributed by atoms with Gasteiger partial charge in [0.2, 0.25) is 35.3 Å². The van der Waals surface area contributed by atoms with Crippen molar-refractivity contribution in [2.45, 2.75) is 124 Å². The average molecular weight is 1880 g/mol. The Kier molecular flexibility index (Phi) is 48.8. The van der Waals surface area contributed by atoms with Crippen LogP contribution in [-0.2, 0) is 57.1 Å². The molecule has 17 rings (SSSR count). The van der Waals surface area contributed by atoms with Crippen LogP contribution in [-0.4, -0.2) is 338 Å². The fraction of sp³-hybridized carbons (Fsp3) is 0.591. The lowest BCUT2D eigenvalue weighted by Crippen LogP contribution is -2.48. The lowest BCUT2D eigenvalue weighted by molar-refractivity contribution is -0.143. The number of nitrogens with two attached hydrogens (primary N) is 1. The first-order valence-corrected chi connectivity index (χ1v) is 45.8. The number of aliphatic carboxylic acids is 1. The Morgan fingerprint density at radius 2 is 0.737 bits per heavy atom. The van der Waals surface area contributed by atoms with Crippen LogP contribution in [0.2, 0.25) is 5.35 Å². The molecule has 6 amide bonds. The molecule has 0 atom stereocenters. The predicted octanol–water partition coefficient (Wildman–Crippen LogP) is 8.76. The first kappa shape index (κ1) is 109. The number of carbonyl (C=O) groups excluding carboxylic acids is 6. The van der Waals surface area contributed by atoms with Crippen molar-refractivity contribution in [2.24, 2.45) is 40.5 Å². The number of nitrogens with one attached hydrogen (secondary N) is 4. The molecular formula is C93H139ClN18O21. The van der Waals surface area contributed by atoms with Gasteiger partial charge in [0, 0.05) is 158 Å². The molecule has 7 aromatic rings. The minimum absolute atomic E-state index is 0. The maximum atomic E-state index is 12.6. The molecule has 0 saturated carbocycles. The van der Waals surface area contributed by atoms with E-state index in [0.717, 1.165) is 172 Å². The summed E-state index contributed by atoms with van der Waals surface area (Å²) in [6.45, 7) is 33.7. The number of H-pyrrole nitrogens is 1. The van der Waals surface area contributed by atoms with Crippen LogP contribution in [0.4, 0.5) is 15.6 Å². The van der Waals surface area contributed by atoms with E-state index in [-0.39, 0.29) is 72.2 Å². The second-order valence-corrected chi connectivity index (χ2v) is 34.2. The van der Waals surface area contributed by atoms with Crippen LogP contribution < -0.4 is 32.3 Å². The Morgan fingerprint density at radius 1 is 0.414 bits per heavy atom. The van der Waals surface area contributed by atoms with Crippen LogP contribution in [0.1, 0.15) is 119 Å². The summed E-state index contributed by atoms with van der Waals surface area (Å²) in [6, 6.07) is 38.2. The van der Waals surface area contributed by atoms with Gasteiger partial charge in [-0.15, -0.1) is 0 Å². The van der Waals surface area contributed by atoms with Gasteiger partial charge in [-0.1, -0.05) is 149 Å². The summed E-state index contributed by atoms with van der Waals surface area (Å²) in [5.41, 5.74) is 7.72. The zero-order chi connectivity index (χ0) is 94.9. The molecule has 10 fully saturated rings. The Balaban J connectivity index is 0.000000208. The van der Waals surface area contributed by atoms with Crippen LogP contribution in [0, 0.1) is 29.6 Å². The van der Waals surface area contributed by atoms with E-state index in [1.807, 2.05) is 170 Å². The number of ether oxygens (including phenoxy) is 7. The number of morpholine rings is 5. The summed E-state index contributed by atoms with van der Waals surface area (Å²) in [7, 11) is 1.00. The third kappa shape index (κ3) is 39.6. The van der Waals surface area contributed by atoms with Gasteiger partial charge in [0.15, 0.2) is 11.7 Å². The third-order valence-corrected chi connectivity index (χ3v) is 22.3. The highest BCUT2D eigenvalue weighted by Gasteiger charge is 2.36. The Hall–Kier alpha value is -11.0. The zero-order valence-corrected chi connectivity index (χ0v) is 77.9. The molecule has 9 N–H and O–H groups in total. The Labute approximate surface area is 783 Å². The monoisotopic (exact) mass is 1880 g/mol. The number of rotatable bonds is 10. The minimum Gasteiger partial charge on any atom is -0.481 e. The van der Waals surface area contributed by atoms with E-state index in [4.69, 9.17) is 70.4 Å². The van der Waals surface area contributed by atoms with Crippen LogP contribution in [0.3, 0.4) is 0 Å². The molecule has 40 heteroatoms. The first-order chi connectivity index (χ1) is 63.8. The van der Waals surface area contributed by atoms with Gasteiger partial charge >= 0.3 is 35.3 Å². The molecule has 0 aliphatic carbocycles. The number of carbonyl (C=O) groups is 7. The molecule has 133 heavy (non-hydrogen) atoms. The van der Waals surface area contributed by atoms with Crippen molar-refractivity contribution in [1.82, 2.24) is 75.8 Å². The molecule has 0 unspecified atom stereocenters. The maximum absolute atomic E-state index is 12.6. The zero-order valence-electron chi connectivity index (χ0n) is 77.2. The number of carboxylic acids is 1.